The maximum Gasteiger partial charge on any atom is 0.231 e. The maximum atomic E-state index is 5.27. The van der Waals surface area contributed by atoms with Gasteiger partial charge >= 0.3 is 0 Å². The van der Waals surface area contributed by atoms with Crippen molar-refractivity contribution < 1.29 is 9.47 Å². The van der Waals surface area contributed by atoms with Crippen molar-refractivity contribution in [3.8, 4) is 11.5 Å². The van der Waals surface area contributed by atoms with Gasteiger partial charge in [-0.3, -0.25) is 0 Å². The van der Waals surface area contributed by atoms with Crippen LogP contribution in [0.4, 0.5) is 5.69 Å². The SMILES string of the molecule is c1c2c(cc3c1OCO3)NCC2. The van der Waals surface area contributed by atoms with Crippen LogP contribution in [0.25, 0.3) is 0 Å². The van der Waals surface area contributed by atoms with E-state index in [0.717, 1.165) is 24.5 Å². The Kier molecular flexibility index (Phi) is 1.06. The summed E-state index contributed by atoms with van der Waals surface area (Å²) in [7, 11) is 0. The second kappa shape index (κ2) is 2.06. The Labute approximate surface area is 70.3 Å². The molecule has 0 amide bonds. The topological polar surface area (TPSA) is 30.5 Å². The molecule has 3 heteroatoms. The molecule has 0 spiro atoms. The quantitative estimate of drug-likeness (QED) is 0.626. The molecule has 0 radical (unpaired) electrons. The summed E-state index contributed by atoms with van der Waals surface area (Å²) in [6, 6.07) is 4.09. The number of rotatable bonds is 0. The van der Waals surface area contributed by atoms with Crippen molar-refractivity contribution in [1.29, 1.82) is 0 Å². The minimum Gasteiger partial charge on any atom is -0.454 e. The summed E-state index contributed by atoms with van der Waals surface area (Å²) >= 11 is 0. The summed E-state index contributed by atoms with van der Waals surface area (Å²) in [4.78, 5) is 0. The van der Waals surface area contributed by atoms with E-state index in [2.05, 4.69) is 11.4 Å². The van der Waals surface area contributed by atoms with Crippen LogP contribution in [0.3, 0.4) is 0 Å². The van der Waals surface area contributed by atoms with Crippen LogP contribution in [0.1, 0.15) is 5.56 Å². The van der Waals surface area contributed by atoms with Crippen LogP contribution in [-0.2, 0) is 6.42 Å². The molecule has 0 atom stereocenters. The molecule has 62 valence electrons. The van der Waals surface area contributed by atoms with E-state index in [1.807, 2.05) is 6.07 Å². The first kappa shape index (κ1) is 6.17. The highest BCUT2D eigenvalue weighted by atomic mass is 16.7. The highest BCUT2D eigenvalue weighted by Crippen LogP contribution is 2.38. The third-order valence-corrected chi connectivity index (χ3v) is 2.31. The lowest BCUT2D eigenvalue weighted by molar-refractivity contribution is 0.174. The zero-order chi connectivity index (χ0) is 7.97. The minimum atomic E-state index is 0.359. The molecule has 12 heavy (non-hydrogen) atoms. The Balaban J connectivity index is 2.18. The molecule has 3 rings (SSSR count). The number of ether oxygens (including phenoxy) is 2. The first-order valence-electron chi connectivity index (χ1n) is 4.10. The lowest BCUT2D eigenvalue weighted by Crippen LogP contribution is -1.93. The molecule has 2 aliphatic heterocycles. The van der Waals surface area contributed by atoms with E-state index in [1.165, 1.54) is 11.3 Å². The summed E-state index contributed by atoms with van der Waals surface area (Å²) < 4.78 is 10.5. The maximum absolute atomic E-state index is 5.27. The summed E-state index contributed by atoms with van der Waals surface area (Å²) in [5, 5.41) is 3.29. The predicted octanol–water partition coefficient (Wildman–Crippen LogP) is 1.38. The van der Waals surface area contributed by atoms with Crippen LogP contribution in [0.15, 0.2) is 12.1 Å². The third kappa shape index (κ3) is 0.706. The molecule has 0 aliphatic carbocycles. The van der Waals surface area contributed by atoms with Crippen molar-refractivity contribution in [2.45, 2.75) is 6.42 Å². The predicted molar refractivity (Wildman–Crippen MR) is 44.8 cm³/mol. The monoisotopic (exact) mass is 163 g/mol. The third-order valence-electron chi connectivity index (χ3n) is 2.31. The molecule has 1 aromatic rings. The van der Waals surface area contributed by atoms with Gasteiger partial charge in [0.05, 0.1) is 0 Å². The highest BCUT2D eigenvalue weighted by Gasteiger charge is 2.19. The molecule has 0 saturated heterocycles. The normalized spacial score (nSPS) is 17.3. The fourth-order valence-electron chi connectivity index (χ4n) is 1.69. The van der Waals surface area contributed by atoms with E-state index in [9.17, 15) is 0 Å². The Morgan fingerprint density at radius 1 is 1.17 bits per heavy atom. The molecule has 0 unspecified atom stereocenters. The zero-order valence-electron chi connectivity index (χ0n) is 6.59. The van der Waals surface area contributed by atoms with Crippen molar-refractivity contribution in [2.24, 2.45) is 0 Å². The standard InChI is InChI=1S/C9H9NO2/c1-2-10-7-4-9-8(3-6(1)7)11-5-12-9/h3-4,10H,1-2,5H2. The second-order valence-electron chi connectivity index (χ2n) is 3.04. The summed E-state index contributed by atoms with van der Waals surface area (Å²) in [6.45, 7) is 1.39. The van der Waals surface area contributed by atoms with Crippen LogP contribution < -0.4 is 14.8 Å². The van der Waals surface area contributed by atoms with Crippen molar-refractivity contribution in [3.63, 3.8) is 0 Å². The second-order valence-corrected chi connectivity index (χ2v) is 3.04. The molecule has 3 nitrogen and oxygen atoms in total. The fraction of sp³-hybridized carbons (Fsp3) is 0.333. The average molecular weight is 163 g/mol. The molecular formula is C9H9NO2. The van der Waals surface area contributed by atoms with Crippen molar-refractivity contribution in [1.82, 2.24) is 0 Å². The van der Waals surface area contributed by atoms with Gasteiger partial charge in [0.25, 0.3) is 0 Å². The molecule has 0 bridgehead atoms. The molecule has 1 N–H and O–H groups in total. The van der Waals surface area contributed by atoms with Crippen LogP contribution in [0.2, 0.25) is 0 Å². The van der Waals surface area contributed by atoms with Crippen molar-refractivity contribution in [3.05, 3.63) is 17.7 Å². The van der Waals surface area contributed by atoms with E-state index in [4.69, 9.17) is 9.47 Å². The Hall–Kier alpha value is -1.38. The van der Waals surface area contributed by atoms with Gasteiger partial charge in [-0.15, -0.1) is 0 Å². The first-order chi connectivity index (χ1) is 5.93. The van der Waals surface area contributed by atoms with Gasteiger partial charge in [0.2, 0.25) is 6.79 Å². The molecule has 0 fully saturated rings. The molecule has 1 aromatic carbocycles. The van der Waals surface area contributed by atoms with Gasteiger partial charge in [-0.25, -0.2) is 0 Å². The highest BCUT2D eigenvalue weighted by molar-refractivity contribution is 5.63. The van der Waals surface area contributed by atoms with Crippen LogP contribution in [0.5, 0.6) is 11.5 Å². The smallest absolute Gasteiger partial charge is 0.231 e. The Morgan fingerprint density at radius 3 is 2.92 bits per heavy atom. The average Bonchev–Trinajstić information content (AvgIpc) is 2.64. The zero-order valence-corrected chi connectivity index (χ0v) is 6.59. The summed E-state index contributed by atoms with van der Waals surface area (Å²) in [6.07, 6.45) is 1.09. The van der Waals surface area contributed by atoms with E-state index in [0.29, 0.717) is 6.79 Å². The van der Waals surface area contributed by atoms with Gasteiger partial charge in [-0.1, -0.05) is 0 Å². The lowest BCUT2D eigenvalue weighted by Gasteiger charge is -2.00. The number of nitrogens with one attached hydrogen (secondary N) is 1. The Morgan fingerprint density at radius 2 is 2.00 bits per heavy atom. The van der Waals surface area contributed by atoms with Gasteiger partial charge in [-0.05, 0) is 18.1 Å². The fourth-order valence-corrected chi connectivity index (χ4v) is 1.69. The van der Waals surface area contributed by atoms with Crippen LogP contribution >= 0.6 is 0 Å². The number of hydrogen-bond donors (Lipinski definition) is 1. The van der Waals surface area contributed by atoms with E-state index in [-0.39, 0.29) is 0 Å². The molecule has 0 saturated carbocycles. The van der Waals surface area contributed by atoms with E-state index >= 15 is 0 Å². The summed E-state index contributed by atoms with van der Waals surface area (Å²) in [5.41, 5.74) is 2.53. The van der Waals surface area contributed by atoms with Crippen LogP contribution in [-0.4, -0.2) is 13.3 Å². The first-order valence-corrected chi connectivity index (χ1v) is 4.10. The number of hydrogen-bond acceptors (Lipinski definition) is 3. The van der Waals surface area contributed by atoms with Gasteiger partial charge in [0.15, 0.2) is 11.5 Å². The Bertz CT molecular complexity index is 275. The minimum absolute atomic E-state index is 0.359. The van der Waals surface area contributed by atoms with E-state index < -0.39 is 0 Å². The van der Waals surface area contributed by atoms with Crippen LogP contribution in [0, 0.1) is 0 Å². The summed E-state index contributed by atoms with van der Waals surface area (Å²) in [5.74, 6) is 1.75. The number of anilines is 1. The molecule has 0 aromatic heterocycles. The van der Waals surface area contributed by atoms with Gasteiger partial charge in [0, 0.05) is 18.3 Å². The van der Waals surface area contributed by atoms with Gasteiger partial charge < -0.3 is 14.8 Å². The van der Waals surface area contributed by atoms with Crippen molar-refractivity contribution in [2.75, 3.05) is 18.7 Å². The van der Waals surface area contributed by atoms with E-state index in [1.54, 1.807) is 0 Å². The number of fused-ring (bicyclic) bond motifs is 2. The number of benzene rings is 1. The largest absolute Gasteiger partial charge is 0.454 e. The lowest BCUT2D eigenvalue weighted by atomic mass is 10.1. The molecule has 2 heterocycles. The molecule has 2 aliphatic rings. The molecular weight excluding hydrogens is 154 g/mol. The van der Waals surface area contributed by atoms with Gasteiger partial charge in [-0.2, -0.15) is 0 Å². The van der Waals surface area contributed by atoms with Gasteiger partial charge in [0.1, 0.15) is 0 Å². The van der Waals surface area contributed by atoms with Crippen molar-refractivity contribution >= 4 is 5.69 Å².